The molecule has 0 fully saturated rings. The maximum absolute atomic E-state index is 12.5. The van der Waals surface area contributed by atoms with Crippen molar-refractivity contribution in [2.45, 2.75) is 6.61 Å². The van der Waals surface area contributed by atoms with Gasteiger partial charge >= 0.3 is 5.97 Å². The SMILES string of the molecule is CN(C)c1nc(N)nc(COC(=O)c2sccc2-c2ccccc2)n1. The summed E-state index contributed by atoms with van der Waals surface area (Å²) in [4.78, 5) is 26.9. The number of carbonyl (C=O) groups excluding carboxylic acids is 1. The van der Waals surface area contributed by atoms with Crippen molar-refractivity contribution in [3.63, 3.8) is 0 Å². The summed E-state index contributed by atoms with van der Waals surface area (Å²) in [6, 6.07) is 11.6. The number of nitrogens with zero attached hydrogens (tertiary/aromatic N) is 4. The van der Waals surface area contributed by atoms with Gasteiger partial charge in [0.2, 0.25) is 11.9 Å². The molecular formula is C17H17N5O2S. The fraction of sp³-hybridized carbons (Fsp3) is 0.176. The summed E-state index contributed by atoms with van der Waals surface area (Å²) in [5.41, 5.74) is 7.49. The minimum atomic E-state index is -0.417. The second-order valence-corrected chi connectivity index (χ2v) is 6.33. The van der Waals surface area contributed by atoms with Crippen LogP contribution in [0.3, 0.4) is 0 Å². The number of rotatable bonds is 5. The Balaban J connectivity index is 1.75. The highest BCUT2D eigenvalue weighted by atomic mass is 32.1. The van der Waals surface area contributed by atoms with Crippen LogP contribution in [0.5, 0.6) is 0 Å². The minimum Gasteiger partial charge on any atom is -0.453 e. The summed E-state index contributed by atoms with van der Waals surface area (Å²) in [7, 11) is 3.59. The first kappa shape index (κ1) is 16.8. The van der Waals surface area contributed by atoms with Crippen LogP contribution in [0.2, 0.25) is 0 Å². The van der Waals surface area contributed by atoms with E-state index in [1.807, 2.05) is 41.8 Å². The van der Waals surface area contributed by atoms with Crippen LogP contribution in [0.1, 0.15) is 15.5 Å². The fourth-order valence-corrected chi connectivity index (χ4v) is 3.01. The lowest BCUT2D eigenvalue weighted by Gasteiger charge is -2.11. The molecule has 0 bridgehead atoms. The van der Waals surface area contributed by atoms with Gasteiger partial charge in [-0.05, 0) is 17.0 Å². The van der Waals surface area contributed by atoms with Gasteiger partial charge in [0.1, 0.15) is 4.88 Å². The van der Waals surface area contributed by atoms with E-state index in [1.54, 1.807) is 19.0 Å². The van der Waals surface area contributed by atoms with E-state index in [2.05, 4.69) is 15.0 Å². The highest BCUT2D eigenvalue weighted by Crippen LogP contribution is 2.28. The van der Waals surface area contributed by atoms with Crippen molar-refractivity contribution in [3.05, 3.63) is 52.5 Å². The molecule has 8 heteroatoms. The van der Waals surface area contributed by atoms with Crippen LogP contribution in [-0.4, -0.2) is 35.0 Å². The van der Waals surface area contributed by atoms with Crippen molar-refractivity contribution in [2.24, 2.45) is 0 Å². The van der Waals surface area contributed by atoms with E-state index in [4.69, 9.17) is 10.5 Å². The molecule has 0 atom stereocenters. The fourth-order valence-electron chi connectivity index (χ4n) is 2.20. The van der Waals surface area contributed by atoms with Gasteiger partial charge in [0, 0.05) is 19.7 Å². The van der Waals surface area contributed by atoms with Crippen LogP contribution >= 0.6 is 11.3 Å². The molecule has 0 spiro atoms. The van der Waals surface area contributed by atoms with Gasteiger partial charge in [0.15, 0.2) is 12.4 Å². The Bertz CT molecular complexity index is 880. The highest BCUT2D eigenvalue weighted by Gasteiger charge is 2.17. The van der Waals surface area contributed by atoms with Gasteiger partial charge in [0.25, 0.3) is 0 Å². The van der Waals surface area contributed by atoms with Gasteiger partial charge in [0.05, 0.1) is 0 Å². The van der Waals surface area contributed by atoms with Crippen molar-refractivity contribution >= 4 is 29.2 Å². The lowest BCUT2D eigenvalue weighted by Crippen LogP contribution is -2.17. The Kier molecular flexibility index (Phi) is 4.90. The van der Waals surface area contributed by atoms with E-state index >= 15 is 0 Å². The summed E-state index contributed by atoms with van der Waals surface area (Å²) in [6.07, 6.45) is 0. The second kappa shape index (κ2) is 7.27. The number of ether oxygens (including phenoxy) is 1. The Morgan fingerprint density at radius 1 is 1.16 bits per heavy atom. The van der Waals surface area contributed by atoms with E-state index in [0.29, 0.717) is 16.6 Å². The maximum atomic E-state index is 12.5. The van der Waals surface area contributed by atoms with Gasteiger partial charge in [-0.15, -0.1) is 11.3 Å². The number of thiophene rings is 1. The van der Waals surface area contributed by atoms with E-state index < -0.39 is 5.97 Å². The van der Waals surface area contributed by atoms with E-state index in [1.165, 1.54) is 11.3 Å². The average molecular weight is 355 g/mol. The molecule has 2 N–H and O–H groups in total. The largest absolute Gasteiger partial charge is 0.453 e. The molecule has 1 aromatic carbocycles. The first-order valence-corrected chi connectivity index (χ1v) is 8.40. The molecule has 0 aliphatic rings. The maximum Gasteiger partial charge on any atom is 0.349 e. The van der Waals surface area contributed by atoms with Crippen molar-refractivity contribution in [2.75, 3.05) is 24.7 Å². The molecule has 128 valence electrons. The van der Waals surface area contributed by atoms with Gasteiger partial charge in [-0.3, -0.25) is 0 Å². The van der Waals surface area contributed by atoms with Crippen LogP contribution in [0.25, 0.3) is 11.1 Å². The smallest absolute Gasteiger partial charge is 0.349 e. The molecule has 2 heterocycles. The molecule has 3 rings (SSSR count). The molecule has 2 aromatic heterocycles. The molecule has 25 heavy (non-hydrogen) atoms. The first-order valence-electron chi connectivity index (χ1n) is 7.52. The lowest BCUT2D eigenvalue weighted by atomic mass is 10.1. The monoisotopic (exact) mass is 355 g/mol. The number of nitrogen functional groups attached to an aromatic ring is 1. The zero-order valence-corrected chi connectivity index (χ0v) is 14.7. The predicted molar refractivity (Wildman–Crippen MR) is 97.4 cm³/mol. The third-order valence-electron chi connectivity index (χ3n) is 3.35. The summed E-state index contributed by atoms with van der Waals surface area (Å²) in [6.45, 7) is -0.0709. The lowest BCUT2D eigenvalue weighted by molar-refractivity contribution is 0.0469. The molecule has 3 aromatic rings. The van der Waals surface area contributed by atoms with Gasteiger partial charge in [-0.1, -0.05) is 30.3 Å². The van der Waals surface area contributed by atoms with Crippen molar-refractivity contribution in [3.8, 4) is 11.1 Å². The summed E-state index contributed by atoms with van der Waals surface area (Å²) in [5.74, 6) is 0.395. The van der Waals surface area contributed by atoms with Crippen LogP contribution in [0.4, 0.5) is 11.9 Å². The highest BCUT2D eigenvalue weighted by molar-refractivity contribution is 7.12. The normalized spacial score (nSPS) is 10.5. The Hall–Kier alpha value is -3.00. The van der Waals surface area contributed by atoms with E-state index in [9.17, 15) is 4.79 Å². The number of hydrogen-bond donors (Lipinski definition) is 1. The standard InChI is InChI=1S/C17H17N5O2S/c1-22(2)17-20-13(19-16(18)21-17)10-24-15(23)14-12(8-9-25-14)11-6-4-3-5-7-11/h3-9H,10H2,1-2H3,(H2,18,19,20,21). The average Bonchev–Trinajstić information content (AvgIpc) is 3.10. The quantitative estimate of drug-likeness (QED) is 0.703. The van der Waals surface area contributed by atoms with Crippen LogP contribution in [0, 0.1) is 0 Å². The number of hydrogen-bond acceptors (Lipinski definition) is 8. The zero-order chi connectivity index (χ0) is 17.8. The Morgan fingerprint density at radius 3 is 2.64 bits per heavy atom. The number of esters is 1. The van der Waals surface area contributed by atoms with Crippen molar-refractivity contribution in [1.29, 1.82) is 0 Å². The minimum absolute atomic E-state index is 0.0709. The molecule has 7 nitrogen and oxygen atoms in total. The van der Waals surface area contributed by atoms with Crippen molar-refractivity contribution in [1.82, 2.24) is 15.0 Å². The van der Waals surface area contributed by atoms with E-state index in [0.717, 1.165) is 11.1 Å². The molecule has 0 radical (unpaired) electrons. The molecule has 0 unspecified atom stereocenters. The van der Waals surface area contributed by atoms with E-state index in [-0.39, 0.29) is 12.6 Å². The third kappa shape index (κ3) is 3.92. The molecule has 0 aliphatic heterocycles. The van der Waals surface area contributed by atoms with Gasteiger partial charge < -0.3 is 15.4 Å². The summed E-state index contributed by atoms with van der Waals surface area (Å²) in [5, 5.41) is 1.87. The molecule has 0 saturated heterocycles. The van der Waals surface area contributed by atoms with Gasteiger partial charge in [-0.2, -0.15) is 15.0 Å². The Labute approximate surface area is 149 Å². The number of aromatic nitrogens is 3. The van der Waals surface area contributed by atoms with Crippen molar-refractivity contribution < 1.29 is 9.53 Å². The number of anilines is 2. The van der Waals surface area contributed by atoms with Gasteiger partial charge in [-0.25, -0.2) is 4.79 Å². The van der Waals surface area contributed by atoms with Crippen LogP contribution < -0.4 is 10.6 Å². The zero-order valence-electron chi connectivity index (χ0n) is 13.8. The number of nitrogens with two attached hydrogens (primary N) is 1. The second-order valence-electron chi connectivity index (χ2n) is 5.41. The predicted octanol–water partition coefficient (Wildman–Crippen LogP) is 2.61. The topological polar surface area (TPSA) is 94.2 Å². The summed E-state index contributed by atoms with van der Waals surface area (Å²) < 4.78 is 5.37. The molecule has 0 aliphatic carbocycles. The molecular weight excluding hydrogens is 338 g/mol. The first-order chi connectivity index (χ1) is 12.0. The van der Waals surface area contributed by atoms with Crippen LogP contribution in [0.15, 0.2) is 41.8 Å². The molecule has 0 saturated carbocycles. The number of benzene rings is 1. The third-order valence-corrected chi connectivity index (χ3v) is 4.25. The molecule has 0 amide bonds. The Morgan fingerprint density at radius 2 is 1.92 bits per heavy atom. The number of carbonyl (C=O) groups is 1. The van der Waals surface area contributed by atoms with Crippen LogP contribution in [-0.2, 0) is 11.3 Å². The summed E-state index contributed by atoms with van der Waals surface area (Å²) >= 11 is 1.34.